The van der Waals surface area contributed by atoms with Crippen LogP contribution in [-0.2, 0) is 28.6 Å². The molecule has 0 aromatic heterocycles. The number of Topliss-reactive ketones (excluding diaryl/α,β-unsaturated/α-hetero) is 1. The lowest BCUT2D eigenvalue weighted by Crippen LogP contribution is -2.38. The molecule has 0 saturated heterocycles. The van der Waals surface area contributed by atoms with E-state index in [2.05, 4.69) is 17.6 Å². The average Bonchev–Trinajstić information content (AvgIpc) is 3.01. The van der Waals surface area contributed by atoms with E-state index in [1.807, 2.05) is 13.8 Å². The lowest BCUT2D eigenvalue weighted by atomic mass is 9.85. The third-order valence-electron chi connectivity index (χ3n) is 8.38. The summed E-state index contributed by atoms with van der Waals surface area (Å²) in [7, 11) is 2.95. The van der Waals surface area contributed by atoms with E-state index < -0.39 is 48.1 Å². The minimum Gasteiger partial charge on any atom is -0.439 e. The summed E-state index contributed by atoms with van der Waals surface area (Å²) >= 11 is 0. The number of amides is 2. The molecule has 0 spiro atoms. The molecule has 0 unspecified atom stereocenters. The standard InChI is InChI=1S/C35H53N3O8/c1-8-9-10-11-12-16-37-30-25-17-21(2)18-29(45-7)31(40)23(4)19-24(5)33(46-35(36)43)28(44-6)15-13-14-22(3)34(42)38-26(32(25)41)20-27(30)39/h13-15,19-21,23,28-29,31,33,37,40H,8-12,16-18H2,1-7H3,(H2,36,43)(H,38,42)/t21-,23+,28+,29+,31-,33+/m1/s1. The predicted octanol–water partition coefficient (Wildman–Crippen LogP) is 4.32. The summed E-state index contributed by atoms with van der Waals surface area (Å²) in [6.07, 6.45) is 9.26. The third kappa shape index (κ3) is 11.4. The van der Waals surface area contributed by atoms with E-state index in [1.54, 1.807) is 32.1 Å². The molecule has 5 N–H and O–H groups in total. The van der Waals surface area contributed by atoms with Crippen LogP contribution in [0.2, 0.25) is 0 Å². The van der Waals surface area contributed by atoms with Gasteiger partial charge in [0, 0.05) is 43.9 Å². The molecule has 2 aliphatic rings. The van der Waals surface area contributed by atoms with Crippen LogP contribution in [0.3, 0.4) is 0 Å². The monoisotopic (exact) mass is 643 g/mol. The number of ketones is 2. The molecule has 11 nitrogen and oxygen atoms in total. The molecule has 6 atom stereocenters. The van der Waals surface area contributed by atoms with Gasteiger partial charge in [-0.15, -0.1) is 0 Å². The Hall–Kier alpha value is -3.54. The maximum atomic E-state index is 13.8. The number of nitrogens with one attached hydrogen (secondary N) is 2. The number of aliphatic hydroxyl groups excluding tert-OH is 1. The number of carbonyl (C=O) groups is 4. The number of hydrogen-bond donors (Lipinski definition) is 4. The predicted molar refractivity (Wildman–Crippen MR) is 176 cm³/mol. The zero-order valence-corrected chi connectivity index (χ0v) is 28.4. The van der Waals surface area contributed by atoms with Crippen molar-refractivity contribution in [1.82, 2.24) is 10.6 Å². The molecular formula is C35H53N3O8. The van der Waals surface area contributed by atoms with E-state index in [0.717, 1.165) is 32.1 Å². The van der Waals surface area contributed by atoms with Crippen molar-refractivity contribution in [3.05, 3.63) is 58.5 Å². The lowest BCUT2D eigenvalue weighted by molar-refractivity contribution is -0.120. The summed E-state index contributed by atoms with van der Waals surface area (Å²) in [5.74, 6) is -1.97. The molecule has 11 heteroatoms. The normalized spacial score (nSPS) is 27.0. The molecule has 2 bridgehead atoms. The van der Waals surface area contributed by atoms with Gasteiger partial charge in [-0.3, -0.25) is 14.4 Å². The lowest BCUT2D eigenvalue weighted by Gasteiger charge is -2.30. The van der Waals surface area contributed by atoms with Gasteiger partial charge in [-0.05, 0) is 44.6 Å². The summed E-state index contributed by atoms with van der Waals surface area (Å²) in [6, 6.07) is 0. The largest absolute Gasteiger partial charge is 0.439 e. The summed E-state index contributed by atoms with van der Waals surface area (Å²) < 4.78 is 16.7. The number of carbonyl (C=O) groups excluding carboxylic acids is 4. The fourth-order valence-electron chi connectivity index (χ4n) is 5.72. The highest BCUT2D eigenvalue weighted by Gasteiger charge is 2.33. The first-order chi connectivity index (χ1) is 21.8. The number of ether oxygens (including phenoxy) is 3. The smallest absolute Gasteiger partial charge is 0.405 e. The van der Waals surface area contributed by atoms with Crippen molar-refractivity contribution in [1.29, 1.82) is 0 Å². The first-order valence-corrected chi connectivity index (χ1v) is 16.2. The molecule has 1 aliphatic carbocycles. The van der Waals surface area contributed by atoms with Crippen molar-refractivity contribution < 1.29 is 38.5 Å². The van der Waals surface area contributed by atoms with Crippen LogP contribution in [0.15, 0.2) is 58.5 Å². The number of hydrogen-bond acceptors (Lipinski definition) is 9. The highest BCUT2D eigenvalue weighted by molar-refractivity contribution is 6.23. The molecule has 0 fully saturated rings. The number of rotatable bonds is 10. The Morgan fingerprint density at radius 3 is 2.41 bits per heavy atom. The fraction of sp³-hybridized carbons (Fsp3) is 0.600. The van der Waals surface area contributed by atoms with Crippen molar-refractivity contribution in [2.24, 2.45) is 17.6 Å². The van der Waals surface area contributed by atoms with Crippen LogP contribution < -0.4 is 16.4 Å². The number of fused-ring (bicyclic) bond motifs is 2. The van der Waals surface area contributed by atoms with Crippen LogP contribution in [0.1, 0.15) is 79.6 Å². The first-order valence-electron chi connectivity index (χ1n) is 16.2. The van der Waals surface area contributed by atoms with Gasteiger partial charge in [-0.2, -0.15) is 0 Å². The van der Waals surface area contributed by atoms with Gasteiger partial charge in [-0.1, -0.05) is 70.8 Å². The van der Waals surface area contributed by atoms with Gasteiger partial charge >= 0.3 is 6.09 Å². The van der Waals surface area contributed by atoms with Crippen molar-refractivity contribution in [2.45, 2.75) is 104 Å². The Morgan fingerprint density at radius 2 is 1.78 bits per heavy atom. The minimum atomic E-state index is -0.993. The van der Waals surface area contributed by atoms with Crippen LogP contribution >= 0.6 is 0 Å². The quantitative estimate of drug-likeness (QED) is 0.154. The van der Waals surface area contributed by atoms with Gasteiger partial charge in [0.05, 0.1) is 23.6 Å². The fourth-order valence-corrected chi connectivity index (χ4v) is 5.72. The van der Waals surface area contributed by atoms with Crippen LogP contribution in [0, 0.1) is 11.8 Å². The van der Waals surface area contributed by atoms with Gasteiger partial charge in [0.15, 0.2) is 6.10 Å². The maximum Gasteiger partial charge on any atom is 0.405 e. The number of methoxy groups -OCH3 is 2. The zero-order chi connectivity index (χ0) is 34.4. The van der Waals surface area contributed by atoms with E-state index in [9.17, 15) is 24.3 Å². The van der Waals surface area contributed by atoms with Gasteiger partial charge in [-0.25, -0.2) is 4.79 Å². The Morgan fingerprint density at radius 1 is 1.09 bits per heavy atom. The molecule has 46 heavy (non-hydrogen) atoms. The SMILES string of the molecule is CCCCCCCNC1=C2C[C@@H](C)C[C@H](OC)[C@H](O)[C@@H](C)C=C(C)[C@H](OC(N)=O)[C@@H](OC)C=CC=C(C)C(=O)NC(=CC1=O)C2=O. The summed E-state index contributed by atoms with van der Waals surface area (Å²) in [6.45, 7) is 9.76. The highest BCUT2D eigenvalue weighted by atomic mass is 16.6. The first kappa shape index (κ1) is 38.6. The van der Waals surface area contributed by atoms with Crippen LogP contribution in [0.5, 0.6) is 0 Å². The Balaban J connectivity index is 2.54. The second-order valence-corrected chi connectivity index (χ2v) is 12.3. The van der Waals surface area contributed by atoms with E-state index in [1.165, 1.54) is 26.4 Å². The Kier molecular flexibility index (Phi) is 16.1. The van der Waals surface area contributed by atoms with Crippen LogP contribution in [-0.4, -0.2) is 73.9 Å². The molecule has 256 valence electrons. The minimum absolute atomic E-state index is 0.0956. The average molecular weight is 644 g/mol. The van der Waals surface area contributed by atoms with Gasteiger partial charge in [0.2, 0.25) is 11.6 Å². The molecule has 0 aromatic carbocycles. The molecule has 1 heterocycles. The van der Waals surface area contributed by atoms with Gasteiger partial charge < -0.3 is 35.7 Å². The summed E-state index contributed by atoms with van der Waals surface area (Å²) in [5, 5.41) is 17.1. The van der Waals surface area contributed by atoms with Crippen LogP contribution in [0.25, 0.3) is 0 Å². The molecular weight excluding hydrogens is 590 g/mol. The van der Waals surface area contributed by atoms with Crippen LogP contribution in [0.4, 0.5) is 4.79 Å². The van der Waals surface area contributed by atoms with E-state index in [0.29, 0.717) is 24.1 Å². The number of allylic oxidation sites excluding steroid dienone is 4. The number of unbranched alkanes of at least 4 members (excludes halogenated alkanes) is 4. The van der Waals surface area contributed by atoms with Crippen molar-refractivity contribution in [2.75, 3.05) is 20.8 Å². The summed E-state index contributed by atoms with van der Waals surface area (Å²) in [4.78, 5) is 52.0. The van der Waals surface area contributed by atoms with Crippen molar-refractivity contribution >= 4 is 23.6 Å². The van der Waals surface area contributed by atoms with Gasteiger partial charge in [0.25, 0.3) is 5.91 Å². The van der Waals surface area contributed by atoms with E-state index in [-0.39, 0.29) is 35.1 Å². The Labute approximate surface area is 273 Å². The van der Waals surface area contributed by atoms with E-state index in [4.69, 9.17) is 19.9 Å². The zero-order valence-electron chi connectivity index (χ0n) is 28.4. The summed E-state index contributed by atoms with van der Waals surface area (Å²) in [5.41, 5.74) is 6.68. The molecule has 0 radical (unpaired) electrons. The third-order valence-corrected chi connectivity index (χ3v) is 8.38. The molecule has 2 amide bonds. The number of primary amides is 1. The Bertz CT molecular complexity index is 1250. The van der Waals surface area contributed by atoms with E-state index >= 15 is 0 Å². The number of aliphatic hydroxyl groups is 1. The van der Waals surface area contributed by atoms with Crippen molar-refractivity contribution in [3.63, 3.8) is 0 Å². The maximum absolute atomic E-state index is 13.8. The highest BCUT2D eigenvalue weighted by Crippen LogP contribution is 2.29. The molecule has 2 rings (SSSR count). The molecule has 0 saturated carbocycles. The molecule has 1 aliphatic heterocycles. The second-order valence-electron chi connectivity index (χ2n) is 12.3. The van der Waals surface area contributed by atoms with Gasteiger partial charge in [0.1, 0.15) is 6.10 Å². The molecule has 0 aromatic rings. The van der Waals surface area contributed by atoms with Crippen molar-refractivity contribution in [3.8, 4) is 0 Å². The number of nitrogens with two attached hydrogens (primary N) is 1. The second kappa shape index (κ2) is 19.2. The topological polar surface area (TPSA) is 166 Å².